The van der Waals surface area contributed by atoms with E-state index in [0.29, 0.717) is 5.02 Å². The van der Waals surface area contributed by atoms with Crippen molar-refractivity contribution in [2.45, 2.75) is 0 Å². The molecule has 5 nitrogen and oxygen atoms in total. The van der Waals surface area contributed by atoms with Crippen molar-refractivity contribution < 1.29 is 19.2 Å². The van der Waals surface area contributed by atoms with Crippen LogP contribution in [0.5, 0.6) is 0 Å². The molecule has 0 fully saturated rings. The van der Waals surface area contributed by atoms with E-state index in [0.717, 1.165) is 0 Å². The summed E-state index contributed by atoms with van der Waals surface area (Å²) < 4.78 is 4.36. The van der Waals surface area contributed by atoms with Gasteiger partial charge in [-0.3, -0.25) is 0 Å². The Balaban J connectivity index is 2.56. The van der Waals surface area contributed by atoms with Gasteiger partial charge in [-0.1, -0.05) is 24.2 Å². The summed E-state index contributed by atoms with van der Waals surface area (Å²) in [5.74, 6) is -1.40. The molecule has 0 aliphatic carbocycles. The second-order valence-corrected chi connectivity index (χ2v) is 3.41. The van der Waals surface area contributed by atoms with Crippen LogP contribution < -0.4 is 5.48 Å². The van der Waals surface area contributed by atoms with E-state index in [4.69, 9.17) is 11.6 Å². The van der Waals surface area contributed by atoms with Crippen LogP contribution in [0.15, 0.2) is 36.5 Å². The van der Waals surface area contributed by atoms with Crippen LogP contribution in [0.3, 0.4) is 0 Å². The van der Waals surface area contributed by atoms with E-state index in [-0.39, 0.29) is 11.3 Å². The average Bonchev–Trinajstić information content (AvgIpc) is 2.34. The highest BCUT2D eigenvalue weighted by atomic mass is 35.5. The first kappa shape index (κ1) is 13.1. The molecule has 0 radical (unpaired) electrons. The van der Waals surface area contributed by atoms with Crippen molar-refractivity contribution in [3.8, 4) is 0 Å². The van der Waals surface area contributed by atoms with Gasteiger partial charge in [0.1, 0.15) is 5.70 Å². The largest absolute Gasteiger partial charge is 0.464 e. The number of hydrogen-bond donors (Lipinski definition) is 1. The van der Waals surface area contributed by atoms with Crippen LogP contribution in [0.25, 0.3) is 0 Å². The van der Waals surface area contributed by atoms with E-state index >= 15 is 0 Å². The fourth-order valence-electron chi connectivity index (χ4n) is 0.947. The van der Waals surface area contributed by atoms with E-state index in [1.165, 1.54) is 19.2 Å². The quantitative estimate of drug-likeness (QED) is 0.504. The zero-order chi connectivity index (χ0) is 12.8. The summed E-state index contributed by atoms with van der Waals surface area (Å²) in [6.07, 6.45) is 0. The highest BCUT2D eigenvalue weighted by Crippen LogP contribution is 2.11. The van der Waals surface area contributed by atoms with Crippen LogP contribution in [0.1, 0.15) is 10.4 Å². The average molecular weight is 256 g/mol. The molecule has 0 saturated carbocycles. The Labute approximate surface area is 103 Å². The van der Waals surface area contributed by atoms with Gasteiger partial charge in [0.2, 0.25) is 0 Å². The molecule has 0 saturated heterocycles. The van der Waals surface area contributed by atoms with Crippen molar-refractivity contribution in [1.29, 1.82) is 0 Å². The lowest BCUT2D eigenvalue weighted by Crippen LogP contribution is -2.24. The highest BCUT2D eigenvalue weighted by molar-refractivity contribution is 6.30. The molecule has 0 bridgehead atoms. The zero-order valence-corrected chi connectivity index (χ0v) is 9.78. The van der Waals surface area contributed by atoms with Gasteiger partial charge in [-0.15, -0.1) is 0 Å². The number of nitrogens with one attached hydrogen (secondary N) is 1. The highest BCUT2D eigenvalue weighted by Gasteiger charge is 2.11. The van der Waals surface area contributed by atoms with Crippen LogP contribution >= 0.6 is 11.6 Å². The van der Waals surface area contributed by atoms with Crippen LogP contribution in [-0.4, -0.2) is 19.0 Å². The first-order chi connectivity index (χ1) is 8.04. The molecule has 6 heteroatoms. The fourth-order valence-corrected chi connectivity index (χ4v) is 1.14. The van der Waals surface area contributed by atoms with Crippen LogP contribution in [0, 0.1) is 0 Å². The minimum Gasteiger partial charge on any atom is -0.464 e. The Morgan fingerprint density at radius 3 is 2.71 bits per heavy atom. The van der Waals surface area contributed by atoms with Gasteiger partial charge in [-0.2, -0.15) is 0 Å². The minimum absolute atomic E-state index is 0.178. The molecule has 90 valence electrons. The van der Waals surface area contributed by atoms with Gasteiger partial charge in [0, 0.05) is 5.02 Å². The van der Waals surface area contributed by atoms with Gasteiger partial charge in [0.25, 0.3) is 0 Å². The van der Waals surface area contributed by atoms with Crippen molar-refractivity contribution in [3.05, 3.63) is 47.1 Å². The fraction of sp³-hybridized carbons (Fsp3) is 0.0909. The number of halogens is 1. The number of hydroxylamine groups is 1. The van der Waals surface area contributed by atoms with Gasteiger partial charge < -0.3 is 9.57 Å². The Morgan fingerprint density at radius 1 is 1.41 bits per heavy atom. The molecule has 0 spiro atoms. The van der Waals surface area contributed by atoms with E-state index in [1.807, 2.05) is 0 Å². The Kier molecular flexibility index (Phi) is 4.54. The Bertz CT molecular complexity index is 459. The molecule has 0 amide bonds. The number of carbonyl (C=O) groups excluding carboxylic acids is 2. The number of ether oxygens (including phenoxy) is 1. The minimum atomic E-state index is -0.719. The van der Waals surface area contributed by atoms with Crippen molar-refractivity contribution in [1.82, 2.24) is 5.48 Å². The van der Waals surface area contributed by atoms with Crippen LogP contribution in [0.4, 0.5) is 0 Å². The summed E-state index contributed by atoms with van der Waals surface area (Å²) in [5, 5.41) is 0.409. The molecule has 0 atom stereocenters. The van der Waals surface area contributed by atoms with E-state index < -0.39 is 11.9 Å². The standard InChI is InChI=1S/C11H10ClNO4/c1-7(10(14)16-2)13-17-11(15)8-4-3-5-9(12)6-8/h3-6,13H,1H2,2H3. The van der Waals surface area contributed by atoms with Crippen LogP contribution in [-0.2, 0) is 14.4 Å². The lowest BCUT2D eigenvalue weighted by Gasteiger charge is -2.07. The van der Waals surface area contributed by atoms with Crippen molar-refractivity contribution in [3.63, 3.8) is 0 Å². The van der Waals surface area contributed by atoms with Gasteiger partial charge >= 0.3 is 11.9 Å². The smallest absolute Gasteiger partial charge is 0.362 e. The summed E-state index contributed by atoms with van der Waals surface area (Å²) in [5.41, 5.74) is 2.16. The Hall–Kier alpha value is -2.01. The van der Waals surface area contributed by atoms with Gasteiger partial charge in [0.15, 0.2) is 0 Å². The molecule has 1 rings (SSSR count). The molecule has 1 N–H and O–H groups in total. The van der Waals surface area contributed by atoms with E-state index in [1.54, 1.807) is 12.1 Å². The predicted octanol–water partition coefficient (Wildman–Crippen LogP) is 1.69. The Morgan fingerprint density at radius 2 is 2.12 bits per heavy atom. The summed E-state index contributed by atoms with van der Waals surface area (Å²) in [7, 11) is 1.19. The SMILES string of the molecule is C=C(NOC(=O)c1cccc(Cl)c1)C(=O)OC. The third kappa shape index (κ3) is 3.81. The number of methoxy groups -OCH3 is 1. The van der Waals surface area contributed by atoms with E-state index in [9.17, 15) is 9.59 Å². The number of benzene rings is 1. The number of hydrogen-bond acceptors (Lipinski definition) is 5. The zero-order valence-electron chi connectivity index (χ0n) is 9.03. The maximum atomic E-state index is 11.5. The normalized spacial score (nSPS) is 9.29. The first-order valence-corrected chi connectivity index (χ1v) is 4.92. The van der Waals surface area contributed by atoms with Crippen molar-refractivity contribution in [2.75, 3.05) is 7.11 Å². The molecule has 17 heavy (non-hydrogen) atoms. The lowest BCUT2D eigenvalue weighted by atomic mass is 10.2. The molecular formula is C11H10ClNO4. The summed E-state index contributed by atoms with van der Waals surface area (Å²) in [6.45, 7) is 3.32. The lowest BCUT2D eigenvalue weighted by molar-refractivity contribution is -0.137. The van der Waals surface area contributed by atoms with Gasteiger partial charge in [0.05, 0.1) is 12.7 Å². The number of carbonyl (C=O) groups is 2. The molecule has 0 heterocycles. The molecule has 0 aliphatic rings. The monoisotopic (exact) mass is 255 g/mol. The molecule has 0 aromatic heterocycles. The third-order valence-electron chi connectivity index (χ3n) is 1.76. The number of rotatable bonds is 4. The topological polar surface area (TPSA) is 64.6 Å². The van der Waals surface area contributed by atoms with E-state index in [2.05, 4.69) is 21.6 Å². The number of esters is 1. The van der Waals surface area contributed by atoms with Crippen molar-refractivity contribution in [2.24, 2.45) is 0 Å². The molecular weight excluding hydrogens is 246 g/mol. The molecule has 0 aliphatic heterocycles. The summed E-state index contributed by atoms with van der Waals surface area (Å²) in [4.78, 5) is 27.0. The third-order valence-corrected chi connectivity index (χ3v) is 1.99. The second kappa shape index (κ2) is 5.91. The maximum Gasteiger partial charge on any atom is 0.362 e. The summed E-state index contributed by atoms with van der Waals surface area (Å²) >= 11 is 5.70. The van der Waals surface area contributed by atoms with Gasteiger partial charge in [-0.05, 0) is 18.2 Å². The van der Waals surface area contributed by atoms with Crippen LogP contribution in [0.2, 0.25) is 5.02 Å². The predicted molar refractivity (Wildman–Crippen MR) is 61.2 cm³/mol. The maximum absolute atomic E-state index is 11.5. The molecule has 1 aromatic rings. The first-order valence-electron chi connectivity index (χ1n) is 4.54. The second-order valence-electron chi connectivity index (χ2n) is 2.97. The molecule has 1 aromatic carbocycles. The summed E-state index contributed by atoms with van der Waals surface area (Å²) in [6, 6.07) is 6.19. The molecule has 0 unspecified atom stereocenters. The van der Waals surface area contributed by atoms with Crippen molar-refractivity contribution >= 4 is 23.5 Å². The van der Waals surface area contributed by atoms with Gasteiger partial charge in [-0.25, -0.2) is 15.1 Å².